The predicted octanol–water partition coefficient (Wildman–Crippen LogP) is 4.10. The minimum atomic E-state index is -0.0870. The van der Waals surface area contributed by atoms with Crippen molar-refractivity contribution in [2.75, 3.05) is 0 Å². The number of nitrogens with two attached hydrogens (primary N) is 1. The van der Waals surface area contributed by atoms with Crippen LogP contribution in [0.15, 0.2) is 41.1 Å². The molecule has 5 heteroatoms. The first-order valence-corrected chi connectivity index (χ1v) is 7.01. The maximum Gasteiger partial charge on any atom is 0.125 e. The molecule has 2 N–H and O–H groups in total. The summed E-state index contributed by atoms with van der Waals surface area (Å²) in [5.41, 5.74) is 7.79. The number of rotatable bonds is 4. The fourth-order valence-corrected chi connectivity index (χ4v) is 2.20. The molecule has 0 aliphatic carbocycles. The topological polar surface area (TPSA) is 48.1 Å². The lowest BCUT2D eigenvalue weighted by atomic mass is 10.1. The van der Waals surface area contributed by atoms with Gasteiger partial charge in [0.1, 0.15) is 12.4 Å². The van der Waals surface area contributed by atoms with Gasteiger partial charge < -0.3 is 10.5 Å². The third-order valence-electron chi connectivity index (χ3n) is 2.71. The van der Waals surface area contributed by atoms with Crippen LogP contribution in [0.2, 0.25) is 5.02 Å². The number of hydrogen-bond acceptors (Lipinski definition) is 3. The number of pyridine rings is 1. The van der Waals surface area contributed by atoms with Crippen LogP contribution < -0.4 is 10.5 Å². The van der Waals surface area contributed by atoms with Crippen LogP contribution in [0.5, 0.6) is 5.75 Å². The summed E-state index contributed by atoms with van der Waals surface area (Å²) >= 11 is 9.48. The molecule has 0 saturated carbocycles. The molecule has 0 aliphatic rings. The van der Waals surface area contributed by atoms with Gasteiger partial charge in [0, 0.05) is 34.0 Å². The number of halogens is 2. The Morgan fingerprint density at radius 2 is 2.21 bits per heavy atom. The van der Waals surface area contributed by atoms with Gasteiger partial charge in [-0.25, -0.2) is 0 Å². The second-order valence-electron chi connectivity index (χ2n) is 4.23. The number of hydrogen-bond donors (Lipinski definition) is 1. The summed E-state index contributed by atoms with van der Waals surface area (Å²) in [5.74, 6) is 0.761. The Labute approximate surface area is 125 Å². The second-order valence-corrected chi connectivity index (χ2v) is 5.55. The fraction of sp³-hybridized carbons (Fsp3) is 0.214. The molecule has 0 bridgehead atoms. The zero-order valence-corrected chi connectivity index (χ0v) is 12.8. The van der Waals surface area contributed by atoms with Crippen molar-refractivity contribution >= 4 is 27.5 Å². The number of benzene rings is 1. The molecular weight excluding hydrogens is 328 g/mol. The van der Waals surface area contributed by atoms with Crippen molar-refractivity contribution in [2.45, 2.75) is 19.6 Å². The van der Waals surface area contributed by atoms with Gasteiger partial charge in [-0.3, -0.25) is 4.98 Å². The van der Waals surface area contributed by atoms with Crippen LogP contribution in [0.3, 0.4) is 0 Å². The Balaban J connectivity index is 2.19. The molecule has 0 amide bonds. The molecule has 0 fully saturated rings. The van der Waals surface area contributed by atoms with Gasteiger partial charge in [-0.2, -0.15) is 0 Å². The molecule has 1 atom stereocenters. The Morgan fingerprint density at radius 3 is 2.89 bits per heavy atom. The van der Waals surface area contributed by atoms with Gasteiger partial charge in [0.05, 0.1) is 5.02 Å². The van der Waals surface area contributed by atoms with Crippen molar-refractivity contribution in [3.05, 3.63) is 57.3 Å². The van der Waals surface area contributed by atoms with Gasteiger partial charge in [-0.15, -0.1) is 0 Å². The van der Waals surface area contributed by atoms with Crippen LogP contribution in [-0.4, -0.2) is 4.98 Å². The highest BCUT2D eigenvalue weighted by Gasteiger charge is 2.09. The van der Waals surface area contributed by atoms with E-state index in [0.717, 1.165) is 21.3 Å². The van der Waals surface area contributed by atoms with E-state index in [0.29, 0.717) is 11.6 Å². The summed E-state index contributed by atoms with van der Waals surface area (Å²) in [6, 6.07) is 7.57. The van der Waals surface area contributed by atoms with Crippen molar-refractivity contribution in [3.63, 3.8) is 0 Å². The first kappa shape index (κ1) is 14.3. The Bertz CT molecular complexity index is 575. The summed E-state index contributed by atoms with van der Waals surface area (Å²) in [7, 11) is 0. The van der Waals surface area contributed by atoms with Crippen LogP contribution in [0.4, 0.5) is 0 Å². The van der Waals surface area contributed by atoms with Gasteiger partial charge in [-0.1, -0.05) is 33.6 Å². The SMILES string of the molecule is C[C@@H](N)c1ccc(Br)cc1OCc1ccncc1Cl. The summed E-state index contributed by atoms with van der Waals surface area (Å²) in [6.07, 6.45) is 3.30. The van der Waals surface area contributed by atoms with E-state index in [9.17, 15) is 0 Å². The molecule has 0 spiro atoms. The molecule has 0 radical (unpaired) electrons. The number of ether oxygens (including phenoxy) is 1. The molecule has 1 heterocycles. The summed E-state index contributed by atoms with van der Waals surface area (Å²) in [5, 5.41) is 0.597. The molecule has 2 rings (SSSR count). The molecule has 0 aliphatic heterocycles. The normalized spacial score (nSPS) is 12.2. The van der Waals surface area contributed by atoms with Gasteiger partial charge >= 0.3 is 0 Å². The van der Waals surface area contributed by atoms with Crippen LogP contribution in [-0.2, 0) is 6.61 Å². The van der Waals surface area contributed by atoms with E-state index in [2.05, 4.69) is 20.9 Å². The average molecular weight is 342 g/mol. The molecule has 0 unspecified atom stereocenters. The lowest BCUT2D eigenvalue weighted by Crippen LogP contribution is -2.08. The third kappa shape index (κ3) is 3.69. The maximum atomic E-state index is 6.05. The highest BCUT2D eigenvalue weighted by molar-refractivity contribution is 9.10. The minimum absolute atomic E-state index is 0.0870. The molecule has 2 aromatic rings. The van der Waals surface area contributed by atoms with Crippen LogP contribution >= 0.6 is 27.5 Å². The van der Waals surface area contributed by atoms with Crippen molar-refractivity contribution in [1.29, 1.82) is 0 Å². The summed E-state index contributed by atoms with van der Waals surface area (Å²) in [4.78, 5) is 3.94. The Kier molecular flexibility index (Phi) is 4.80. The molecule has 1 aromatic heterocycles. The second kappa shape index (κ2) is 6.37. The summed E-state index contributed by atoms with van der Waals surface area (Å²) < 4.78 is 6.78. The van der Waals surface area contributed by atoms with Crippen LogP contribution in [0.1, 0.15) is 24.1 Å². The number of nitrogens with zero attached hydrogens (tertiary/aromatic N) is 1. The van der Waals surface area contributed by atoms with E-state index < -0.39 is 0 Å². The predicted molar refractivity (Wildman–Crippen MR) is 80.3 cm³/mol. The van der Waals surface area contributed by atoms with Crippen molar-refractivity contribution in [3.8, 4) is 5.75 Å². The number of aromatic nitrogens is 1. The zero-order valence-electron chi connectivity index (χ0n) is 10.4. The molecule has 19 heavy (non-hydrogen) atoms. The van der Waals surface area contributed by atoms with Gasteiger partial charge in [-0.05, 0) is 25.1 Å². The Morgan fingerprint density at radius 1 is 1.42 bits per heavy atom. The summed E-state index contributed by atoms with van der Waals surface area (Å²) in [6.45, 7) is 2.31. The highest BCUT2D eigenvalue weighted by atomic mass is 79.9. The molecule has 3 nitrogen and oxygen atoms in total. The largest absolute Gasteiger partial charge is 0.488 e. The van der Waals surface area contributed by atoms with E-state index in [1.807, 2.05) is 31.2 Å². The molecular formula is C14H14BrClN2O. The van der Waals surface area contributed by atoms with Crippen LogP contribution in [0, 0.1) is 0 Å². The molecule has 100 valence electrons. The van der Waals surface area contributed by atoms with Crippen molar-refractivity contribution in [1.82, 2.24) is 4.98 Å². The average Bonchev–Trinajstić information content (AvgIpc) is 2.37. The standard InChI is InChI=1S/C14H14BrClN2O/c1-9(17)12-3-2-11(15)6-14(12)19-8-10-4-5-18-7-13(10)16/h2-7,9H,8,17H2,1H3/t9-/m1/s1. The third-order valence-corrected chi connectivity index (χ3v) is 3.54. The van der Waals surface area contributed by atoms with E-state index in [1.54, 1.807) is 12.4 Å². The monoisotopic (exact) mass is 340 g/mol. The maximum absolute atomic E-state index is 6.05. The van der Waals surface area contributed by atoms with E-state index in [1.165, 1.54) is 0 Å². The van der Waals surface area contributed by atoms with E-state index in [-0.39, 0.29) is 6.04 Å². The fourth-order valence-electron chi connectivity index (χ4n) is 1.69. The lowest BCUT2D eigenvalue weighted by Gasteiger charge is -2.15. The first-order valence-electron chi connectivity index (χ1n) is 5.84. The Hall–Kier alpha value is -1.10. The highest BCUT2D eigenvalue weighted by Crippen LogP contribution is 2.28. The first-order chi connectivity index (χ1) is 9.08. The van der Waals surface area contributed by atoms with Gasteiger partial charge in [0.2, 0.25) is 0 Å². The van der Waals surface area contributed by atoms with Crippen LogP contribution in [0.25, 0.3) is 0 Å². The van der Waals surface area contributed by atoms with Gasteiger partial charge in [0.25, 0.3) is 0 Å². The van der Waals surface area contributed by atoms with E-state index >= 15 is 0 Å². The lowest BCUT2D eigenvalue weighted by molar-refractivity contribution is 0.301. The quantitative estimate of drug-likeness (QED) is 0.911. The molecule has 1 aromatic carbocycles. The van der Waals surface area contributed by atoms with E-state index in [4.69, 9.17) is 22.1 Å². The minimum Gasteiger partial charge on any atom is -0.488 e. The van der Waals surface area contributed by atoms with Crippen molar-refractivity contribution < 1.29 is 4.74 Å². The zero-order chi connectivity index (χ0) is 13.8. The van der Waals surface area contributed by atoms with Crippen molar-refractivity contribution in [2.24, 2.45) is 5.73 Å². The van der Waals surface area contributed by atoms with Gasteiger partial charge in [0.15, 0.2) is 0 Å². The smallest absolute Gasteiger partial charge is 0.125 e. The molecule has 0 saturated heterocycles.